The number of nitrogens with one attached hydrogen (secondary N) is 1. The van der Waals surface area contributed by atoms with E-state index < -0.39 is 19.3 Å². The molecule has 0 bridgehead atoms. The van der Waals surface area contributed by atoms with Gasteiger partial charge in [0.15, 0.2) is 8.32 Å². The second-order valence-electron chi connectivity index (χ2n) is 8.98. The van der Waals surface area contributed by atoms with Gasteiger partial charge in [0.2, 0.25) is 0 Å². The Morgan fingerprint density at radius 3 is 2.12 bits per heavy atom. The molecule has 0 amide bonds. The molecule has 1 aromatic carbocycles. The van der Waals surface area contributed by atoms with Crippen LogP contribution >= 0.6 is 0 Å². The van der Waals surface area contributed by atoms with Crippen LogP contribution in [0.15, 0.2) is 24.3 Å². The first kappa shape index (κ1) is 21.5. The Morgan fingerprint density at radius 1 is 1.12 bits per heavy atom. The molecule has 0 aliphatic rings. The lowest BCUT2D eigenvalue weighted by Crippen LogP contribution is -2.44. The first-order valence-corrected chi connectivity index (χ1v) is 12.7. The molecule has 0 aromatic heterocycles. The molecule has 5 heteroatoms. The van der Waals surface area contributed by atoms with Crippen LogP contribution in [0.25, 0.3) is 0 Å². The van der Waals surface area contributed by atoms with E-state index in [0.29, 0.717) is 6.61 Å². The van der Waals surface area contributed by atoms with E-state index in [1.807, 2.05) is 32.9 Å². The van der Waals surface area contributed by atoms with Gasteiger partial charge in [-0.15, -0.1) is 0 Å². The van der Waals surface area contributed by atoms with E-state index in [9.17, 15) is 4.21 Å². The summed E-state index contributed by atoms with van der Waals surface area (Å²) < 4.78 is 22.1. The summed E-state index contributed by atoms with van der Waals surface area (Å²) in [5.41, 5.74) is 2.36. The van der Waals surface area contributed by atoms with Crippen LogP contribution in [0.4, 0.5) is 0 Å². The number of aryl methyl sites for hydroxylation is 1. The van der Waals surface area contributed by atoms with E-state index in [-0.39, 0.29) is 15.8 Å². The Bertz CT molecular complexity index is 573. The molecular formula is C19H35NO2SSi. The number of hydrogen-bond acceptors (Lipinski definition) is 2. The molecule has 0 radical (unpaired) electrons. The Balaban J connectivity index is 3.03. The first-order valence-electron chi connectivity index (χ1n) is 8.63. The second-order valence-corrected chi connectivity index (χ2v) is 15.8. The minimum absolute atomic E-state index is 0.0691. The molecule has 0 aliphatic heterocycles. The smallest absolute Gasteiger partial charge is 0.192 e. The highest BCUT2D eigenvalue weighted by Gasteiger charge is 2.38. The monoisotopic (exact) mass is 369 g/mol. The van der Waals surface area contributed by atoms with E-state index in [4.69, 9.17) is 4.43 Å². The molecule has 24 heavy (non-hydrogen) atoms. The maximum Gasteiger partial charge on any atom is 0.192 e. The maximum absolute atomic E-state index is 12.6. The van der Waals surface area contributed by atoms with E-state index in [1.165, 1.54) is 5.56 Å². The average molecular weight is 370 g/mol. The van der Waals surface area contributed by atoms with Gasteiger partial charge in [0, 0.05) is 0 Å². The van der Waals surface area contributed by atoms with E-state index >= 15 is 0 Å². The van der Waals surface area contributed by atoms with Gasteiger partial charge in [-0.3, -0.25) is 0 Å². The third kappa shape index (κ3) is 5.79. The standard InChI is InChI=1S/C19H35NO2SSi/c1-15-12-10-11-13-16(15)17(20-23(21)18(2,3)4)14-22-24(8,9)19(5,6)7/h10-13,17,20H,14H2,1-9H3/t17-,23+/m0/s1. The summed E-state index contributed by atoms with van der Waals surface area (Å²) in [4.78, 5) is 0. The summed E-state index contributed by atoms with van der Waals surface area (Å²) >= 11 is 0. The van der Waals surface area contributed by atoms with Crippen LogP contribution < -0.4 is 4.72 Å². The van der Waals surface area contributed by atoms with Crippen LogP contribution in [0, 0.1) is 6.92 Å². The van der Waals surface area contributed by atoms with Gasteiger partial charge in [0.1, 0.15) is 0 Å². The molecule has 0 heterocycles. The van der Waals surface area contributed by atoms with Gasteiger partial charge in [0.25, 0.3) is 0 Å². The lowest BCUT2D eigenvalue weighted by atomic mass is 10.0. The van der Waals surface area contributed by atoms with Crippen molar-refractivity contribution in [2.24, 2.45) is 0 Å². The van der Waals surface area contributed by atoms with Crippen molar-refractivity contribution < 1.29 is 8.63 Å². The molecule has 138 valence electrons. The van der Waals surface area contributed by atoms with Crippen LogP contribution in [-0.4, -0.2) is 23.9 Å². The predicted octanol–water partition coefficient (Wildman–Crippen LogP) is 5.11. The second kappa shape index (κ2) is 7.81. The minimum atomic E-state index is -1.85. The van der Waals surface area contributed by atoms with Crippen molar-refractivity contribution in [2.75, 3.05) is 6.61 Å². The highest BCUT2D eigenvalue weighted by atomic mass is 32.2. The van der Waals surface area contributed by atoms with Crippen LogP contribution in [0.3, 0.4) is 0 Å². The van der Waals surface area contributed by atoms with Crippen molar-refractivity contribution in [3.63, 3.8) is 0 Å². The fraction of sp³-hybridized carbons (Fsp3) is 0.684. The van der Waals surface area contributed by atoms with Crippen molar-refractivity contribution in [1.82, 2.24) is 4.72 Å². The van der Waals surface area contributed by atoms with Crippen LogP contribution in [0.2, 0.25) is 18.1 Å². The van der Waals surface area contributed by atoms with Gasteiger partial charge in [0.05, 0.1) is 28.4 Å². The maximum atomic E-state index is 12.6. The summed E-state index contributed by atoms with van der Waals surface area (Å²) in [5, 5.41) is 0.159. The van der Waals surface area contributed by atoms with E-state index in [1.54, 1.807) is 0 Å². The number of benzene rings is 1. The largest absolute Gasteiger partial charge is 0.415 e. The summed E-state index contributed by atoms with van der Waals surface area (Å²) in [6.07, 6.45) is 0. The van der Waals surface area contributed by atoms with Gasteiger partial charge < -0.3 is 4.43 Å². The molecule has 1 N–H and O–H groups in total. The SMILES string of the molecule is Cc1ccccc1[C@H](CO[Si](C)(C)C(C)(C)C)N[S@](=O)C(C)(C)C. The molecule has 0 spiro atoms. The van der Waals surface area contributed by atoms with Crippen molar-refractivity contribution in [3.05, 3.63) is 35.4 Å². The quantitative estimate of drug-likeness (QED) is 0.708. The predicted molar refractivity (Wildman–Crippen MR) is 108 cm³/mol. The van der Waals surface area contributed by atoms with Gasteiger partial charge in [-0.05, 0) is 57.0 Å². The Hall–Kier alpha value is -0.493. The van der Waals surface area contributed by atoms with E-state index in [2.05, 4.69) is 57.6 Å². The molecule has 0 saturated heterocycles. The Morgan fingerprint density at radius 2 is 1.67 bits per heavy atom. The third-order valence-electron chi connectivity index (χ3n) is 4.79. The van der Waals surface area contributed by atoms with Crippen molar-refractivity contribution in [1.29, 1.82) is 0 Å². The minimum Gasteiger partial charge on any atom is -0.415 e. The number of hydrogen-bond donors (Lipinski definition) is 1. The average Bonchev–Trinajstić information content (AvgIpc) is 2.41. The molecule has 0 unspecified atom stereocenters. The summed E-state index contributed by atoms with van der Waals surface area (Å²) in [6, 6.07) is 8.19. The fourth-order valence-corrected chi connectivity index (χ4v) is 3.80. The van der Waals surface area contributed by atoms with Crippen LogP contribution in [0.5, 0.6) is 0 Å². The van der Waals surface area contributed by atoms with Gasteiger partial charge in [-0.1, -0.05) is 45.0 Å². The zero-order valence-corrected chi connectivity index (χ0v) is 18.6. The Kier molecular flexibility index (Phi) is 7.01. The van der Waals surface area contributed by atoms with Gasteiger partial charge in [-0.2, -0.15) is 0 Å². The molecule has 2 atom stereocenters. The van der Waals surface area contributed by atoms with Gasteiger partial charge in [-0.25, -0.2) is 8.93 Å². The lowest BCUT2D eigenvalue weighted by molar-refractivity contribution is 0.257. The number of rotatable bonds is 6. The summed E-state index contributed by atoms with van der Waals surface area (Å²) in [6.45, 7) is 19.8. The molecule has 1 rings (SSSR count). The zero-order valence-electron chi connectivity index (χ0n) is 16.8. The van der Waals surface area contributed by atoms with Crippen LogP contribution in [0.1, 0.15) is 58.7 Å². The molecular weight excluding hydrogens is 334 g/mol. The van der Waals surface area contributed by atoms with Crippen molar-refractivity contribution >= 4 is 19.3 Å². The molecule has 3 nitrogen and oxygen atoms in total. The lowest BCUT2D eigenvalue weighted by Gasteiger charge is -2.37. The van der Waals surface area contributed by atoms with Crippen molar-refractivity contribution in [2.45, 2.75) is 77.4 Å². The van der Waals surface area contributed by atoms with Gasteiger partial charge >= 0.3 is 0 Å². The van der Waals surface area contributed by atoms with Crippen molar-refractivity contribution in [3.8, 4) is 0 Å². The molecule has 1 aromatic rings. The summed E-state index contributed by atoms with van der Waals surface area (Å²) in [7, 11) is -2.99. The first-order chi connectivity index (χ1) is 10.8. The molecule has 0 fully saturated rings. The normalized spacial score (nSPS) is 16.0. The molecule has 0 saturated carbocycles. The topological polar surface area (TPSA) is 38.3 Å². The zero-order chi connectivity index (χ0) is 18.8. The molecule has 0 aliphatic carbocycles. The van der Waals surface area contributed by atoms with E-state index in [0.717, 1.165) is 5.56 Å². The highest BCUT2D eigenvalue weighted by molar-refractivity contribution is 7.84. The fourth-order valence-electron chi connectivity index (χ4n) is 1.98. The Labute approximate surface area is 152 Å². The third-order valence-corrected chi connectivity index (χ3v) is 10.9. The highest BCUT2D eigenvalue weighted by Crippen LogP contribution is 2.37. The summed E-state index contributed by atoms with van der Waals surface area (Å²) in [5.74, 6) is 0. The van der Waals surface area contributed by atoms with Crippen LogP contribution in [-0.2, 0) is 15.4 Å².